The average molecular weight is 242 g/mol. The quantitative estimate of drug-likeness (QED) is 0.780. The van der Waals surface area contributed by atoms with Crippen LogP contribution in [0.4, 0.5) is 0 Å². The van der Waals surface area contributed by atoms with Gasteiger partial charge >= 0.3 is 0 Å². The fraction of sp³-hybridized carbons (Fsp3) is 0.923. The van der Waals surface area contributed by atoms with Crippen LogP contribution in [0.2, 0.25) is 0 Å². The second-order valence-electron chi connectivity index (χ2n) is 5.02. The molecule has 1 saturated heterocycles. The van der Waals surface area contributed by atoms with Gasteiger partial charge in [0.25, 0.3) is 0 Å². The molecular formula is C13H26N2O2. The van der Waals surface area contributed by atoms with E-state index < -0.39 is 0 Å². The molecule has 4 heteroatoms. The fourth-order valence-corrected chi connectivity index (χ4v) is 2.16. The number of aliphatic hydroxyl groups excluding tert-OH is 1. The van der Waals surface area contributed by atoms with Crippen molar-refractivity contribution in [2.45, 2.75) is 33.1 Å². The molecule has 0 spiro atoms. The highest BCUT2D eigenvalue weighted by molar-refractivity contribution is 5.76. The van der Waals surface area contributed by atoms with Crippen molar-refractivity contribution in [3.05, 3.63) is 0 Å². The van der Waals surface area contributed by atoms with Crippen molar-refractivity contribution in [2.75, 3.05) is 39.3 Å². The third kappa shape index (κ3) is 5.04. The van der Waals surface area contributed by atoms with Crippen molar-refractivity contribution in [2.24, 2.45) is 5.92 Å². The van der Waals surface area contributed by atoms with E-state index >= 15 is 0 Å². The molecule has 4 nitrogen and oxygen atoms in total. The van der Waals surface area contributed by atoms with Gasteiger partial charge in [-0.15, -0.1) is 0 Å². The molecule has 1 amide bonds. The maximum absolute atomic E-state index is 12.0. The minimum Gasteiger partial charge on any atom is -0.395 e. The number of carbonyl (C=O) groups excluding carboxylic acids is 1. The van der Waals surface area contributed by atoms with E-state index in [0.29, 0.717) is 18.2 Å². The van der Waals surface area contributed by atoms with Crippen LogP contribution < -0.4 is 0 Å². The summed E-state index contributed by atoms with van der Waals surface area (Å²) in [6.07, 6.45) is 2.76. The minimum absolute atomic E-state index is 0.209. The van der Waals surface area contributed by atoms with E-state index in [1.54, 1.807) is 0 Å². The van der Waals surface area contributed by atoms with Crippen molar-refractivity contribution >= 4 is 5.91 Å². The normalized spacial score (nSPS) is 20.1. The third-order valence-corrected chi connectivity index (χ3v) is 3.58. The molecule has 1 heterocycles. The summed E-state index contributed by atoms with van der Waals surface area (Å²) >= 11 is 0. The van der Waals surface area contributed by atoms with E-state index in [9.17, 15) is 4.79 Å². The van der Waals surface area contributed by atoms with Crippen LogP contribution in [0.15, 0.2) is 0 Å². The Labute approximate surface area is 105 Å². The molecular weight excluding hydrogens is 216 g/mol. The zero-order valence-electron chi connectivity index (χ0n) is 11.2. The minimum atomic E-state index is 0.209. The SMILES string of the molecule is CCC(C)CC(=O)N1CCCN(CCO)CC1. The Morgan fingerprint density at radius 3 is 2.71 bits per heavy atom. The number of β-amino-alcohol motifs (C(OH)–C–C–N with tert-alkyl or cyclic N) is 1. The van der Waals surface area contributed by atoms with E-state index in [-0.39, 0.29) is 6.61 Å². The first-order chi connectivity index (χ1) is 8.17. The molecule has 1 rings (SSSR count). The molecule has 17 heavy (non-hydrogen) atoms. The topological polar surface area (TPSA) is 43.8 Å². The van der Waals surface area contributed by atoms with Gasteiger partial charge in [-0.2, -0.15) is 0 Å². The molecule has 0 radical (unpaired) electrons. The van der Waals surface area contributed by atoms with Crippen LogP contribution in [-0.4, -0.2) is 60.1 Å². The third-order valence-electron chi connectivity index (χ3n) is 3.58. The van der Waals surface area contributed by atoms with Crippen LogP contribution in [0.5, 0.6) is 0 Å². The van der Waals surface area contributed by atoms with E-state index in [4.69, 9.17) is 5.11 Å². The van der Waals surface area contributed by atoms with Crippen LogP contribution in [-0.2, 0) is 4.79 Å². The smallest absolute Gasteiger partial charge is 0.222 e. The summed E-state index contributed by atoms with van der Waals surface area (Å²) in [6, 6.07) is 0. The molecule has 0 aliphatic carbocycles. The van der Waals surface area contributed by atoms with Gasteiger partial charge in [-0.1, -0.05) is 20.3 Å². The molecule has 1 aliphatic rings. The summed E-state index contributed by atoms with van der Waals surface area (Å²) in [5.41, 5.74) is 0. The van der Waals surface area contributed by atoms with Gasteiger partial charge in [0.2, 0.25) is 5.91 Å². The Morgan fingerprint density at radius 1 is 1.29 bits per heavy atom. The first-order valence-electron chi connectivity index (χ1n) is 6.78. The van der Waals surface area contributed by atoms with E-state index in [1.165, 1.54) is 0 Å². The van der Waals surface area contributed by atoms with Crippen LogP contribution in [0.1, 0.15) is 33.1 Å². The second kappa shape index (κ2) is 7.67. The van der Waals surface area contributed by atoms with Gasteiger partial charge in [-0.05, 0) is 18.9 Å². The highest BCUT2D eigenvalue weighted by Gasteiger charge is 2.19. The standard InChI is InChI=1S/C13H26N2O2/c1-3-12(2)11-13(17)15-6-4-5-14(7-8-15)9-10-16/h12,16H,3-11H2,1-2H3. The largest absolute Gasteiger partial charge is 0.395 e. The summed E-state index contributed by atoms with van der Waals surface area (Å²) in [5.74, 6) is 0.782. The fourth-order valence-electron chi connectivity index (χ4n) is 2.16. The predicted molar refractivity (Wildman–Crippen MR) is 68.8 cm³/mol. The van der Waals surface area contributed by atoms with Gasteiger partial charge in [-0.25, -0.2) is 0 Å². The number of hydrogen-bond donors (Lipinski definition) is 1. The second-order valence-corrected chi connectivity index (χ2v) is 5.02. The molecule has 0 aromatic rings. The van der Waals surface area contributed by atoms with Crippen molar-refractivity contribution in [3.63, 3.8) is 0 Å². The van der Waals surface area contributed by atoms with Crippen molar-refractivity contribution in [1.82, 2.24) is 9.80 Å². The number of nitrogens with zero attached hydrogens (tertiary/aromatic N) is 2. The molecule has 0 saturated carbocycles. The molecule has 1 N–H and O–H groups in total. The zero-order valence-corrected chi connectivity index (χ0v) is 11.2. The number of amides is 1. The molecule has 1 fully saturated rings. The number of carbonyl (C=O) groups is 1. The van der Waals surface area contributed by atoms with E-state index in [0.717, 1.165) is 45.6 Å². The first-order valence-corrected chi connectivity index (χ1v) is 6.78. The van der Waals surface area contributed by atoms with Crippen molar-refractivity contribution < 1.29 is 9.90 Å². The van der Waals surface area contributed by atoms with Crippen LogP contribution in [0.3, 0.4) is 0 Å². The molecule has 1 atom stereocenters. The van der Waals surface area contributed by atoms with Gasteiger partial charge in [0, 0.05) is 32.6 Å². The summed E-state index contributed by atoms with van der Waals surface area (Å²) < 4.78 is 0. The van der Waals surface area contributed by atoms with Gasteiger partial charge in [0.1, 0.15) is 0 Å². The lowest BCUT2D eigenvalue weighted by Gasteiger charge is -2.22. The monoisotopic (exact) mass is 242 g/mol. The number of rotatable bonds is 5. The van der Waals surface area contributed by atoms with Gasteiger partial charge in [0.05, 0.1) is 6.61 Å². The van der Waals surface area contributed by atoms with Crippen LogP contribution in [0.25, 0.3) is 0 Å². The Hall–Kier alpha value is -0.610. The zero-order chi connectivity index (χ0) is 12.7. The molecule has 0 bridgehead atoms. The van der Waals surface area contributed by atoms with E-state index in [2.05, 4.69) is 18.7 Å². The predicted octanol–water partition coefficient (Wildman–Crippen LogP) is 0.949. The highest BCUT2D eigenvalue weighted by Crippen LogP contribution is 2.11. The molecule has 1 aliphatic heterocycles. The van der Waals surface area contributed by atoms with Crippen molar-refractivity contribution in [1.29, 1.82) is 0 Å². The Morgan fingerprint density at radius 2 is 2.06 bits per heavy atom. The van der Waals surface area contributed by atoms with Gasteiger partial charge in [-0.3, -0.25) is 9.69 Å². The molecule has 1 unspecified atom stereocenters. The lowest BCUT2D eigenvalue weighted by atomic mass is 10.0. The number of aliphatic hydroxyl groups is 1. The first kappa shape index (κ1) is 14.5. The van der Waals surface area contributed by atoms with Crippen LogP contribution >= 0.6 is 0 Å². The highest BCUT2D eigenvalue weighted by atomic mass is 16.3. The maximum Gasteiger partial charge on any atom is 0.222 e. The van der Waals surface area contributed by atoms with Crippen molar-refractivity contribution in [3.8, 4) is 0 Å². The van der Waals surface area contributed by atoms with Gasteiger partial charge in [0.15, 0.2) is 0 Å². The Kier molecular flexibility index (Phi) is 6.52. The van der Waals surface area contributed by atoms with E-state index in [1.807, 2.05) is 4.90 Å². The summed E-state index contributed by atoms with van der Waals surface area (Å²) in [5, 5.41) is 8.91. The molecule has 100 valence electrons. The average Bonchev–Trinajstić information content (AvgIpc) is 2.55. The summed E-state index contributed by atoms with van der Waals surface area (Å²) in [7, 11) is 0. The number of hydrogen-bond acceptors (Lipinski definition) is 3. The maximum atomic E-state index is 12.0. The van der Waals surface area contributed by atoms with Gasteiger partial charge < -0.3 is 10.0 Å². The Bertz CT molecular complexity index is 233. The van der Waals surface area contributed by atoms with Crippen LogP contribution in [0, 0.1) is 5.92 Å². The summed E-state index contributed by atoms with van der Waals surface area (Å²) in [6.45, 7) is 8.78. The Balaban J connectivity index is 2.37. The molecule has 0 aromatic heterocycles. The lowest BCUT2D eigenvalue weighted by molar-refractivity contribution is -0.132. The summed E-state index contributed by atoms with van der Waals surface area (Å²) in [4.78, 5) is 16.3. The lowest BCUT2D eigenvalue weighted by Crippen LogP contribution is -2.36. The molecule has 0 aromatic carbocycles.